The molecule has 0 spiro atoms. The van der Waals surface area contributed by atoms with Crippen LogP contribution >= 0.6 is 11.8 Å². The molecule has 1 aromatic heterocycles. The number of thioether (sulfide) groups is 1. The van der Waals surface area contributed by atoms with Gasteiger partial charge in [-0.25, -0.2) is 9.97 Å². The van der Waals surface area contributed by atoms with Gasteiger partial charge in [0.2, 0.25) is 5.91 Å². The van der Waals surface area contributed by atoms with Gasteiger partial charge in [-0.2, -0.15) is 0 Å². The number of hydrogen-bond donors (Lipinski definition) is 1. The van der Waals surface area contributed by atoms with Crippen molar-refractivity contribution in [2.75, 3.05) is 47.6 Å². The minimum Gasteiger partial charge on any atom is -0.372 e. The summed E-state index contributed by atoms with van der Waals surface area (Å²) in [5, 5.41) is 4.06. The molecule has 0 bridgehead atoms. The molecule has 1 N–H and O–H groups in total. The lowest BCUT2D eigenvalue weighted by Crippen LogP contribution is -2.29. The van der Waals surface area contributed by atoms with Crippen molar-refractivity contribution in [1.29, 1.82) is 0 Å². The zero-order chi connectivity index (χ0) is 26.9. The topological polar surface area (TPSA) is 61.4 Å². The molecule has 1 aromatic carbocycles. The Bertz CT molecular complexity index is 900. The normalized spacial score (nSPS) is 10.9. The number of carbonyl (C=O) groups excluding carboxylic acids is 1. The highest BCUT2D eigenvalue weighted by Crippen LogP contribution is 2.33. The van der Waals surface area contributed by atoms with E-state index in [1.807, 2.05) is 13.2 Å². The Morgan fingerprint density at radius 3 is 2.05 bits per heavy atom. The van der Waals surface area contributed by atoms with Crippen LogP contribution in [0.15, 0.2) is 35.4 Å². The summed E-state index contributed by atoms with van der Waals surface area (Å²) in [5.41, 5.74) is 2.01. The van der Waals surface area contributed by atoms with Crippen molar-refractivity contribution in [2.45, 2.75) is 96.9 Å². The standard InChI is InChI=1S/C30H49N5OS/c1-6-9-12-16-23-34(26-18-14-13-15-19-26)24-17-20-27(36)33-28-29(31-25(4)32-30(28)37-5)35(21-10-7-2)22-11-8-3/h13-15,18-19H,6-12,16-17,20-24H2,1-5H3,(H,33,36). The molecule has 1 amide bonds. The Kier molecular flexibility index (Phi) is 15.1. The number of aromatic nitrogens is 2. The molecule has 206 valence electrons. The van der Waals surface area contributed by atoms with Gasteiger partial charge in [0.15, 0.2) is 5.82 Å². The number of hydrogen-bond acceptors (Lipinski definition) is 6. The highest BCUT2D eigenvalue weighted by Gasteiger charge is 2.20. The van der Waals surface area contributed by atoms with Gasteiger partial charge in [0, 0.05) is 38.3 Å². The monoisotopic (exact) mass is 527 g/mol. The molecule has 2 aromatic rings. The number of anilines is 3. The Hall–Kier alpha value is -2.28. The Labute approximate surface area is 230 Å². The zero-order valence-corrected chi connectivity index (χ0v) is 24.7. The van der Waals surface area contributed by atoms with Crippen LogP contribution in [-0.2, 0) is 4.79 Å². The average molecular weight is 528 g/mol. The third-order valence-electron chi connectivity index (χ3n) is 6.52. The van der Waals surface area contributed by atoms with Crippen LogP contribution < -0.4 is 15.1 Å². The molecule has 1 heterocycles. The molecule has 0 aliphatic rings. The van der Waals surface area contributed by atoms with Crippen molar-refractivity contribution >= 4 is 34.9 Å². The van der Waals surface area contributed by atoms with Crippen molar-refractivity contribution in [2.24, 2.45) is 0 Å². The molecule has 0 radical (unpaired) electrons. The molecule has 2 rings (SSSR count). The Morgan fingerprint density at radius 1 is 0.811 bits per heavy atom. The van der Waals surface area contributed by atoms with E-state index in [2.05, 4.69) is 71.2 Å². The fourth-order valence-electron chi connectivity index (χ4n) is 4.41. The van der Waals surface area contributed by atoms with Gasteiger partial charge in [-0.1, -0.05) is 71.1 Å². The molecule has 0 unspecified atom stereocenters. The van der Waals surface area contributed by atoms with E-state index in [0.29, 0.717) is 6.42 Å². The van der Waals surface area contributed by atoms with E-state index in [0.717, 1.165) is 80.6 Å². The first-order valence-corrected chi connectivity index (χ1v) is 15.5. The minimum absolute atomic E-state index is 0.0360. The van der Waals surface area contributed by atoms with Crippen LogP contribution in [0.2, 0.25) is 0 Å². The molecule has 37 heavy (non-hydrogen) atoms. The van der Waals surface area contributed by atoms with E-state index >= 15 is 0 Å². The second-order valence-electron chi connectivity index (χ2n) is 9.71. The zero-order valence-electron chi connectivity index (χ0n) is 23.9. The number of rotatable bonds is 19. The van der Waals surface area contributed by atoms with E-state index in [-0.39, 0.29) is 5.91 Å². The first-order chi connectivity index (χ1) is 18.0. The third kappa shape index (κ3) is 10.9. The quantitative estimate of drug-likeness (QED) is 0.115. The number of para-hydroxylation sites is 1. The number of carbonyl (C=O) groups is 1. The molecule has 0 aliphatic heterocycles. The van der Waals surface area contributed by atoms with Crippen LogP contribution in [0.4, 0.5) is 17.2 Å². The summed E-state index contributed by atoms with van der Waals surface area (Å²) in [5.74, 6) is 1.65. The van der Waals surface area contributed by atoms with Gasteiger partial charge in [0.1, 0.15) is 16.5 Å². The van der Waals surface area contributed by atoms with Gasteiger partial charge in [-0.05, 0) is 51.0 Å². The third-order valence-corrected chi connectivity index (χ3v) is 7.21. The predicted molar refractivity (Wildman–Crippen MR) is 161 cm³/mol. The van der Waals surface area contributed by atoms with Gasteiger partial charge < -0.3 is 15.1 Å². The summed E-state index contributed by atoms with van der Waals surface area (Å²) >= 11 is 1.57. The second kappa shape index (κ2) is 18.1. The van der Waals surface area contributed by atoms with Crippen LogP contribution in [0.1, 0.15) is 90.8 Å². The molecule has 7 heteroatoms. The molecule has 0 fully saturated rings. The maximum Gasteiger partial charge on any atom is 0.224 e. The molecule has 0 saturated carbocycles. The fourth-order valence-corrected chi connectivity index (χ4v) is 4.98. The van der Waals surface area contributed by atoms with E-state index in [1.54, 1.807) is 11.8 Å². The number of aryl methyl sites for hydroxylation is 1. The number of unbranched alkanes of at least 4 members (excludes halogenated alkanes) is 5. The SMILES string of the molecule is CCCCCCN(CCCC(=O)Nc1c(SC)nc(C)nc1N(CCCC)CCCC)c1ccccc1. The number of benzene rings is 1. The van der Waals surface area contributed by atoms with Gasteiger partial charge in [-0.3, -0.25) is 4.79 Å². The molecular formula is C30H49N5OS. The summed E-state index contributed by atoms with van der Waals surface area (Å²) in [4.78, 5) is 27.4. The lowest BCUT2D eigenvalue weighted by molar-refractivity contribution is -0.116. The predicted octanol–water partition coefficient (Wildman–Crippen LogP) is 7.72. The fraction of sp³-hybridized carbons (Fsp3) is 0.633. The molecule has 6 nitrogen and oxygen atoms in total. The minimum atomic E-state index is 0.0360. The number of nitrogens with one attached hydrogen (secondary N) is 1. The van der Waals surface area contributed by atoms with E-state index in [4.69, 9.17) is 4.98 Å². The molecule has 0 atom stereocenters. The van der Waals surface area contributed by atoms with E-state index in [9.17, 15) is 4.79 Å². The summed E-state index contributed by atoms with van der Waals surface area (Å²) in [6.45, 7) is 12.4. The van der Waals surface area contributed by atoms with Gasteiger partial charge in [-0.15, -0.1) is 11.8 Å². The van der Waals surface area contributed by atoms with Gasteiger partial charge in [0.05, 0.1) is 0 Å². The number of nitrogens with zero attached hydrogens (tertiary/aromatic N) is 4. The highest BCUT2D eigenvalue weighted by atomic mass is 32.2. The van der Waals surface area contributed by atoms with Crippen molar-refractivity contribution < 1.29 is 4.79 Å². The Balaban J connectivity index is 2.10. The first-order valence-electron chi connectivity index (χ1n) is 14.3. The van der Waals surface area contributed by atoms with Gasteiger partial charge >= 0.3 is 0 Å². The van der Waals surface area contributed by atoms with Crippen LogP contribution in [0.5, 0.6) is 0 Å². The highest BCUT2D eigenvalue weighted by molar-refractivity contribution is 7.98. The van der Waals surface area contributed by atoms with Crippen molar-refractivity contribution in [3.63, 3.8) is 0 Å². The van der Waals surface area contributed by atoms with Crippen LogP contribution in [0, 0.1) is 6.92 Å². The molecule has 0 aliphatic carbocycles. The summed E-state index contributed by atoms with van der Waals surface area (Å²) in [6.07, 6.45) is 12.7. The van der Waals surface area contributed by atoms with Crippen molar-refractivity contribution in [3.05, 3.63) is 36.2 Å². The maximum atomic E-state index is 13.2. The summed E-state index contributed by atoms with van der Waals surface area (Å²) < 4.78 is 0. The lowest BCUT2D eigenvalue weighted by atomic mass is 10.1. The van der Waals surface area contributed by atoms with Gasteiger partial charge in [0.25, 0.3) is 0 Å². The van der Waals surface area contributed by atoms with Crippen LogP contribution in [0.25, 0.3) is 0 Å². The van der Waals surface area contributed by atoms with Crippen molar-refractivity contribution in [3.8, 4) is 0 Å². The van der Waals surface area contributed by atoms with E-state index in [1.165, 1.54) is 31.4 Å². The average Bonchev–Trinajstić information content (AvgIpc) is 2.91. The second-order valence-corrected chi connectivity index (χ2v) is 10.5. The van der Waals surface area contributed by atoms with Crippen LogP contribution in [-0.4, -0.2) is 48.3 Å². The smallest absolute Gasteiger partial charge is 0.224 e. The summed E-state index contributed by atoms with van der Waals surface area (Å²) in [6, 6.07) is 10.6. The number of amides is 1. The first kappa shape index (κ1) is 30.9. The van der Waals surface area contributed by atoms with Crippen molar-refractivity contribution in [1.82, 2.24) is 9.97 Å². The van der Waals surface area contributed by atoms with Crippen LogP contribution in [0.3, 0.4) is 0 Å². The molecule has 0 saturated heterocycles. The summed E-state index contributed by atoms with van der Waals surface area (Å²) in [7, 11) is 0. The Morgan fingerprint density at radius 2 is 1.43 bits per heavy atom. The lowest BCUT2D eigenvalue weighted by Gasteiger charge is -2.27. The molecular weight excluding hydrogens is 478 g/mol. The van der Waals surface area contributed by atoms with E-state index < -0.39 is 0 Å². The largest absolute Gasteiger partial charge is 0.372 e. The maximum absolute atomic E-state index is 13.2.